The summed E-state index contributed by atoms with van der Waals surface area (Å²) in [6.07, 6.45) is 4.76. The lowest BCUT2D eigenvalue weighted by Crippen LogP contribution is -2.42. The molecule has 0 aromatic heterocycles. The van der Waals surface area contributed by atoms with Gasteiger partial charge in [-0.3, -0.25) is 38.4 Å². The Morgan fingerprint density at radius 1 is 0.386 bits per heavy atom. The fraction of sp³-hybridized carbons (Fsp3) is 0.568. The van der Waals surface area contributed by atoms with Crippen LogP contribution in [0.2, 0.25) is 0 Å². The minimum Gasteiger partial charge on any atom is -0.465 e. The van der Waals surface area contributed by atoms with Gasteiger partial charge in [0.05, 0.1) is 75.4 Å². The minimum atomic E-state index is -1.33. The van der Waals surface area contributed by atoms with E-state index >= 15 is 0 Å². The summed E-state index contributed by atoms with van der Waals surface area (Å²) in [6, 6.07) is 0. The molecular formula is C37H52O15S5. The summed E-state index contributed by atoms with van der Waals surface area (Å²) in [7, 11) is 0. The largest absolute Gasteiger partial charge is 0.465 e. The highest BCUT2D eigenvalue weighted by atomic mass is 32.2. The molecule has 57 heavy (non-hydrogen) atoms. The Kier molecular flexibility index (Phi) is 33.7. The second-order valence-corrected chi connectivity index (χ2v) is 17.2. The molecule has 15 nitrogen and oxygen atoms in total. The fourth-order valence-electron chi connectivity index (χ4n) is 3.73. The molecule has 0 aromatic rings. The molecule has 0 aromatic carbocycles. The number of carbonyl (C=O) groups is 8. The third-order valence-corrected chi connectivity index (χ3v) is 11.8. The van der Waals surface area contributed by atoms with E-state index in [2.05, 4.69) is 45.3 Å². The van der Waals surface area contributed by atoms with Gasteiger partial charge in [0.25, 0.3) is 0 Å². The summed E-state index contributed by atoms with van der Waals surface area (Å²) in [6.45, 7) is 12.2. The molecule has 0 rings (SSSR count). The Hall–Kier alpha value is -3.33. The molecule has 20 heteroatoms. The van der Waals surface area contributed by atoms with Crippen LogP contribution in [-0.2, 0) is 71.5 Å². The molecule has 0 heterocycles. The monoisotopic (exact) mass is 896 g/mol. The van der Waals surface area contributed by atoms with Gasteiger partial charge in [-0.15, -0.1) is 0 Å². The van der Waals surface area contributed by atoms with E-state index in [1.165, 1.54) is 47.0 Å². The van der Waals surface area contributed by atoms with Gasteiger partial charge in [-0.2, -0.15) is 47.0 Å². The molecular weight excluding hydrogens is 845 g/mol. The SMILES string of the molecule is C=COC(=O)CCSCCC(=O)OCC(COC(=O)CCSCCC(=O)OC=C)(COC(=O)CCSCCC(=O)OC=C)CSC(=O)CCSCCC(=O)OC=C. The van der Waals surface area contributed by atoms with Crippen LogP contribution in [0.25, 0.3) is 0 Å². The maximum absolute atomic E-state index is 13.0. The number of thioether (sulfide) groups is 5. The van der Waals surface area contributed by atoms with Gasteiger partial charge < -0.3 is 33.2 Å². The summed E-state index contributed by atoms with van der Waals surface area (Å²) in [5.74, 6) is -0.585. The van der Waals surface area contributed by atoms with Gasteiger partial charge in [-0.1, -0.05) is 38.1 Å². The number of hydrogen-bond acceptors (Lipinski definition) is 20. The molecule has 0 aliphatic heterocycles. The Balaban J connectivity index is 5.69. The van der Waals surface area contributed by atoms with Crippen LogP contribution >= 0.6 is 58.8 Å². The van der Waals surface area contributed by atoms with Crippen molar-refractivity contribution in [2.75, 3.05) is 71.6 Å². The van der Waals surface area contributed by atoms with Gasteiger partial charge in [0.15, 0.2) is 5.12 Å². The van der Waals surface area contributed by atoms with Crippen LogP contribution in [0.1, 0.15) is 51.4 Å². The van der Waals surface area contributed by atoms with Gasteiger partial charge >= 0.3 is 41.8 Å². The van der Waals surface area contributed by atoms with Crippen molar-refractivity contribution in [1.29, 1.82) is 0 Å². The summed E-state index contributed by atoms with van der Waals surface area (Å²) in [4.78, 5) is 97.6. The first-order chi connectivity index (χ1) is 27.4. The summed E-state index contributed by atoms with van der Waals surface area (Å²) in [5, 5.41) is -0.228. The highest BCUT2D eigenvalue weighted by molar-refractivity contribution is 8.13. The molecule has 0 unspecified atom stereocenters. The maximum atomic E-state index is 13.0. The van der Waals surface area contributed by atoms with Crippen molar-refractivity contribution >= 4 is 106 Å². The number of carbonyl (C=O) groups excluding carboxylic acids is 8. The van der Waals surface area contributed by atoms with Crippen LogP contribution in [0.5, 0.6) is 0 Å². The van der Waals surface area contributed by atoms with E-state index in [1.807, 2.05) is 0 Å². The molecule has 320 valence electrons. The summed E-state index contributed by atoms with van der Waals surface area (Å²) >= 11 is 6.30. The van der Waals surface area contributed by atoms with Crippen molar-refractivity contribution in [3.63, 3.8) is 0 Å². The first-order valence-corrected chi connectivity index (χ1v) is 23.2. The fourth-order valence-corrected chi connectivity index (χ4v) is 8.15. The van der Waals surface area contributed by atoms with Crippen molar-refractivity contribution in [2.24, 2.45) is 5.41 Å². The predicted octanol–water partition coefficient (Wildman–Crippen LogP) is 5.66. The van der Waals surface area contributed by atoms with E-state index in [0.717, 1.165) is 36.8 Å². The molecule has 0 atom stereocenters. The van der Waals surface area contributed by atoms with Crippen LogP contribution < -0.4 is 0 Å². The molecule has 0 N–H and O–H groups in total. The van der Waals surface area contributed by atoms with Crippen LogP contribution in [0.15, 0.2) is 51.4 Å². The van der Waals surface area contributed by atoms with Gasteiger partial charge in [-0.25, -0.2) is 0 Å². The second kappa shape index (κ2) is 35.8. The predicted molar refractivity (Wildman–Crippen MR) is 224 cm³/mol. The average molecular weight is 897 g/mol. The quantitative estimate of drug-likeness (QED) is 0.0322. The Bertz CT molecular complexity index is 1130. The van der Waals surface area contributed by atoms with E-state index in [4.69, 9.17) is 14.2 Å². The second-order valence-electron chi connectivity index (χ2n) is 11.2. The van der Waals surface area contributed by atoms with Crippen molar-refractivity contribution in [1.82, 2.24) is 0 Å². The molecule has 0 aliphatic rings. The Morgan fingerprint density at radius 3 is 0.895 bits per heavy atom. The van der Waals surface area contributed by atoms with Gasteiger partial charge in [0.2, 0.25) is 0 Å². The molecule has 0 radical (unpaired) electrons. The molecule has 0 saturated carbocycles. The van der Waals surface area contributed by atoms with Crippen molar-refractivity contribution in [3.8, 4) is 0 Å². The molecule has 0 fully saturated rings. The van der Waals surface area contributed by atoms with Crippen LogP contribution in [-0.4, -0.2) is 118 Å². The zero-order valence-corrected chi connectivity index (χ0v) is 36.0. The Labute approximate surface area is 355 Å². The lowest BCUT2D eigenvalue weighted by molar-refractivity contribution is -0.160. The molecule has 0 spiro atoms. The maximum Gasteiger partial charge on any atom is 0.311 e. The van der Waals surface area contributed by atoms with Crippen molar-refractivity contribution in [3.05, 3.63) is 51.4 Å². The normalized spacial score (nSPS) is 10.6. The number of hydrogen-bond donors (Lipinski definition) is 0. The van der Waals surface area contributed by atoms with Crippen LogP contribution in [0.4, 0.5) is 0 Å². The standard InChI is InChI=1S/C37H52O15S5/c1-5-46-29(38)9-17-53-21-13-33(42)50-25-37(26-51-34(43)14-22-54-18-10-30(39)47-6-2,27-52-35(44)15-23-55-19-11-31(40)48-7-3)28-57-36(45)16-24-56-20-12-32(41)49-8-4/h5-8H,1-4,9-28H2. The highest BCUT2D eigenvalue weighted by Gasteiger charge is 2.37. The van der Waals surface area contributed by atoms with Crippen molar-refractivity contribution < 1.29 is 71.5 Å². The van der Waals surface area contributed by atoms with Crippen LogP contribution in [0.3, 0.4) is 0 Å². The molecule has 0 amide bonds. The van der Waals surface area contributed by atoms with Gasteiger partial charge in [-0.05, 0) is 0 Å². The minimum absolute atomic E-state index is 0.0183. The highest BCUT2D eigenvalue weighted by Crippen LogP contribution is 2.28. The van der Waals surface area contributed by atoms with Gasteiger partial charge in [0, 0.05) is 58.2 Å². The molecule has 0 saturated heterocycles. The van der Waals surface area contributed by atoms with Gasteiger partial charge in [0.1, 0.15) is 19.8 Å². The number of rotatable bonds is 36. The first kappa shape index (κ1) is 53.7. The topological polar surface area (TPSA) is 201 Å². The first-order valence-electron chi connectivity index (χ1n) is 17.5. The van der Waals surface area contributed by atoms with Crippen LogP contribution in [0, 0.1) is 5.41 Å². The smallest absolute Gasteiger partial charge is 0.311 e. The zero-order valence-electron chi connectivity index (χ0n) is 31.9. The third-order valence-electron chi connectivity index (χ3n) is 6.62. The Morgan fingerprint density at radius 2 is 0.632 bits per heavy atom. The average Bonchev–Trinajstić information content (AvgIpc) is 3.17. The summed E-state index contributed by atoms with van der Waals surface area (Å²) in [5.41, 5.74) is -1.33. The van der Waals surface area contributed by atoms with E-state index in [1.54, 1.807) is 0 Å². The lowest BCUT2D eigenvalue weighted by Gasteiger charge is -2.31. The number of ether oxygens (including phenoxy) is 7. The van der Waals surface area contributed by atoms with E-state index in [9.17, 15) is 38.4 Å². The van der Waals surface area contributed by atoms with E-state index in [-0.39, 0.29) is 82.1 Å². The zero-order chi connectivity index (χ0) is 42.6. The van der Waals surface area contributed by atoms with E-state index in [0.29, 0.717) is 46.0 Å². The number of esters is 7. The van der Waals surface area contributed by atoms with Crippen molar-refractivity contribution in [2.45, 2.75) is 51.4 Å². The molecule has 0 aliphatic carbocycles. The van der Waals surface area contributed by atoms with E-state index < -0.39 is 47.2 Å². The summed E-state index contributed by atoms with van der Waals surface area (Å²) < 4.78 is 35.5. The third kappa shape index (κ3) is 32.3. The lowest BCUT2D eigenvalue weighted by atomic mass is 9.93. The molecule has 0 bridgehead atoms.